The second kappa shape index (κ2) is 12.6. The number of halogens is 3. The Morgan fingerprint density at radius 1 is 1.23 bits per heavy atom. The molecule has 0 saturated carbocycles. The highest BCUT2D eigenvalue weighted by Gasteiger charge is 2.38. The van der Waals surface area contributed by atoms with Gasteiger partial charge in [0, 0.05) is 54.4 Å². The number of nitriles is 1. The lowest BCUT2D eigenvalue weighted by Gasteiger charge is -2.37. The van der Waals surface area contributed by atoms with Crippen LogP contribution in [0.4, 0.5) is 25.4 Å². The molecule has 0 bridgehead atoms. The van der Waals surface area contributed by atoms with Crippen LogP contribution in [0.25, 0.3) is 32.1 Å². The first-order valence-electron chi connectivity index (χ1n) is 15.5. The Bertz CT molecular complexity index is 2110. The second-order valence-corrected chi connectivity index (χ2v) is 13.6. The molecule has 0 amide bonds. The molecule has 48 heavy (non-hydrogen) atoms. The van der Waals surface area contributed by atoms with Crippen molar-refractivity contribution in [3.05, 3.63) is 58.5 Å². The van der Waals surface area contributed by atoms with E-state index in [1.54, 1.807) is 24.2 Å². The minimum absolute atomic E-state index is 0.0126. The zero-order valence-electron chi connectivity index (χ0n) is 26.4. The lowest BCUT2D eigenvalue weighted by molar-refractivity contribution is -0.0556. The van der Waals surface area contributed by atoms with Gasteiger partial charge in [0.25, 0.3) is 0 Å². The van der Waals surface area contributed by atoms with Gasteiger partial charge in [-0.25, -0.2) is 13.8 Å². The van der Waals surface area contributed by atoms with E-state index in [1.165, 1.54) is 18.3 Å². The van der Waals surface area contributed by atoms with Crippen LogP contribution in [0.3, 0.4) is 0 Å². The monoisotopic (exact) mass is 691 g/mol. The van der Waals surface area contributed by atoms with Crippen LogP contribution in [0.2, 0.25) is 5.02 Å². The van der Waals surface area contributed by atoms with Gasteiger partial charge in [0.1, 0.15) is 46.3 Å². The van der Waals surface area contributed by atoms with E-state index in [-0.39, 0.29) is 66.3 Å². The van der Waals surface area contributed by atoms with Crippen LogP contribution >= 0.6 is 22.9 Å². The average molecular weight is 692 g/mol. The summed E-state index contributed by atoms with van der Waals surface area (Å²) in [6.45, 7) is 5.69. The van der Waals surface area contributed by atoms with Crippen molar-refractivity contribution in [2.45, 2.75) is 50.9 Å². The fourth-order valence-electron chi connectivity index (χ4n) is 6.76. The number of hydrogen-bond donors (Lipinski definition) is 2. The molecule has 2 fully saturated rings. The molecule has 5 aromatic rings. The predicted octanol–water partition coefficient (Wildman–Crippen LogP) is 6.10. The molecule has 0 spiro atoms. The Hall–Kier alpha value is -4.42. The van der Waals surface area contributed by atoms with Gasteiger partial charge >= 0.3 is 6.01 Å². The number of thiophene rings is 1. The number of rotatable bonds is 7. The molecule has 2 saturated heterocycles. The minimum atomic E-state index is -0.782. The number of morpholine rings is 1. The number of nitrogen functional groups attached to an aromatic ring is 2. The number of nitrogens with two attached hydrogens (primary N) is 2. The summed E-state index contributed by atoms with van der Waals surface area (Å²) >= 11 is 7.76. The first kappa shape index (κ1) is 32.1. The predicted molar refractivity (Wildman–Crippen MR) is 182 cm³/mol. The van der Waals surface area contributed by atoms with E-state index in [0.717, 1.165) is 30.7 Å². The smallest absolute Gasteiger partial charge is 0.319 e. The third kappa shape index (κ3) is 5.40. The molecule has 0 unspecified atom stereocenters. The van der Waals surface area contributed by atoms with Crippen molar-refractivity contribution in [2.24, 2.45) is 0 Å². The lowest BCUT2D eigenvalue weighted by Crippen LogP contribution is -2.49. The molecule has 2 aliphatic heterocycles. The van der Waals surface area contributed by atoms with Gasteiger partial charge in [-0.15, -0.1) is 11.3 Å². The van der Waals surface area contributed by atoms with E-state index in [4.69, 9.17) is 37.5 Å². The van der Waals surface area contributed by atoms with Gasteiger partial charge in [0.15, 0.2) is 5.82 Å². The molecule has 7 rings (SSSR count). The van der Waals surface area contributed by atoms with Crippen LogP contribution in [0.1, 0.15) is 44.0 Å². The highest BCUT2D eigenvalue weighted by Crippen LogP contribution is 2.46. The topological polar surface area (TPSA) is 152 Å². The number of nitrogens with zero attached hydrogens (tertiary/aromatic N) is 7. The SMILES string of the molecule is C[C@@H]1CN2[C@@H](COc3nc(N(C)[C@H](C)c4nccnc4N)c4cc(Cl)c(-c5ccc(F)c6sc(N)c(C#N)c56)c(F)c4n3)CC[C@@H]2CO1. The summed E-state index contributed by atoms with van der Waals surface area (Å²) < 4.78 is 44.1. The Morgan fingerprint density at radius 3 is 2.79 bits per heavy atom. The zero-order valence-corrected chi connectivity index (χ0v) is 27.9. The molecule has 0 aliphatic carbocycles. The first-order valence-corrected chi connectivity index (χ1v) is 16.7. The molecule has 4 N–H and O–H groups in total. The maximum Gasteiger partial charge on any atom is 0.319 e. The van der Waals surface area contributed by atoms with Crippen molar-refractivity contribution in [1.29, 1.82) is 5.26 Å². The van der Waals surface area contributed by atoms with Crippen LogP contribution in [0, 0.1) is 23.0 Å². The fraction of sp³-hybridized carbons (Fsp3) is 0.364. The van der Waals surface area contributed by atoms with Crippen LogP contribution < -0.4 is 21.1 Å². The van der Waals surface area contributed by atoms with Crippen molar-refractivity contribution < 1.29 is 18.3 Å². The molecule has 15 heteroatoms. The quantitative estimate of drug-likeness (QED) is 0.204. The van der Waals surface area contributed by atoms with Gasteiger partial charge in [-0.05, 0) is 44.4 Å². The second-order valence-electron chi connectivity index (χ2n) is 12.2. The molecule has 4 atom stereocenters. The summed E-state index contributed by atoms with van der Waals surface area (Å²) in [4.78, 5) is 22.1. The van der Waals surface area contributed by atoms with Crippen LogP contribution in [-0.4, -0.2) is 69.8 Å². The van der Waals surface area contributed by atoms with E-state index >= 15 is 4.39 Å². The average Bonchev–Trinajstić information content (AvgIpc) is 3.64. The summed E-state index contributed by atoms with van der Waals surface area (Å²) in [6.07, 6.45) is 5.07. The maximum absolute atomic E-state index is 17.0. The van der Waals surface area contributed by atoms with E-state index in [9.17, 15) is 9.65 Å². The number of hydrogen-bond acceptors (Lipinski definition) is 12. The van der Waals surface area contributed by atoms with Crippen molar-refractivity contribution in [3.8, 4) is 23.2 Å². The van der Waals surface area contributed by atoms with Crippen molar-refractivity contribution in [3.63, 3.8) is 0 Å². The third-order valence-corrected chi connectivity index (χ3v) is 10.7. The van der Waals surface area contributed by atoms with Crippen molar-refractivity contribution >= 4 is 60.6 Å². The molecule has 2 aromatic carbocycles. The van der Waals surface area contributed by atoms with E-state index in [0.29, 0.717) is 36.2 Å². The minimum Gasteiger partial charge on any atom is -0.462 e. The summed E-state index contributed by atoms with van der Waals surface area (Å²) in [5, 5.41) is 10.5. The number of ether oxygens (including phenoxy) is 2. The standard InChI is InChI=1S/C33H32ClF2N9O2S/c1-15-12-45-17(13-46-15)4-5-18(45)14-47-33-42-28-20(32(43-33)44(3)16(2)27-30(38)41-9-8-40-27)10-22(34)25(26(28)36)19-6-7-23(35)29-24(19)21(11-37)31(39)48-29/h6-10,15-18H,4-5,12-14,39H2,1-3H3,(H2,38,41)/t15-,16-,17-,18-/m1/s1. The van der Waals surface area contributed by atoms with E-state index in [2.05, 4.69) is 26.8 Å². The molecule has 11 nitrogen and oxygen atoms in total. The van der Waals surface area contributed by atoms with Crippen LogP contribution in [0.15, 0.2) is 30.6 Å². The Kier molecular flexibility index (Phi) is 8.41. The fourth-order valence-corrected chi connectivity index (χ4v) is 8.01. The van der Waals surface area contributed by atoms with Gasteiger partial charge in [-0.3, -0.25) is 9.88 Å². The number of benzene rings is 2. The number of anilines is 3. The first-order chi connectivity index (χ1) is 23.1. The summed E-state index contributed by atoms with van der Waals surface area (Å²) in [5.41, 5.74) is 12.9. The van der Waals surface area contributed by atoms with E-state index < -0.39 is 17.7 Å². The van der Waals surface area contributed by atoms with Gasteiger partial charge in [0.05, 0.1) is 34.0 Å². The highest BCUT2D eigenvalue weighted by atomic mass is 35.5. The van der Waals surface area contributed by atoms with E-state index in [1.807, 2.05) is 13.0 Å². The molecule has 0 radical (unpaired) electrons. The molecule has 3 aromatic heterocycles. The van der Waals surface area contributed by atoms with Crippen molar-refractivity contribution in [2.75, 3.05) is 43.2 Å². The Balaban J connectivity index is 1.37. The molecule has 248 valence electrons. The number of fused-ring (bicyclic) bond motifs is 3. The Labute approximate surface area is 284 Å². The molecule has 2 aliphatic rings. The van der Waals surface area contributed by atoms with Crippen LogP contribution in [-0.2, 0) is 4.74 Å². The summed E-state index contributed by atoms with van der Waals surface area (Å²) in [5.74, 6) is -0.786. The van der Waals surface area contributed by atoms with Crippen LogP contribution in [0.5, 0.6) is 6.01 Å². The van der Waals surface area contributed by atoms with Gasteiger partial charge < -0.3 is 25.8 Å². The lowest BCUT2D eigenvalue weighted by atomic mass is 9.97. The Morgan fingerprint density at radius 2 is 2.02 bits per heavy atom. The third-order valence-electron chi connectivity index (χ3n) is 9.33. The van der Waals surface area contributed by atoms with Gasteiger partial charge in [-0.1, -0.05) is 17.7 Å². The molecular weight excluding hydrogens is 660 g/mol. The number of aromatic nitrogens is 4. The molecule has 5 heterocycles. The summed E-state index contributed by atoms with van der Waals surface area (Å²) in [6, 6.07) is 6.16. The summed E-state index contributed by atoms with van der Waals surface area (Å²) in [7, 11) is 1.78. The maximum atomic E-state index is 17.0. The van der Waals surface area contributed by atoms with Gasteiger partial charge in [0.2, 0.25) is 0 Å². The largest absolute Gasteiger partial charge is 0.462 e. The molecular formula is C33H32ClF2N9O2S. The normalized spacial score (nSPS) is 20.1. The van der Waals surface area contributed by atoms with Crippen molar-refractivity contribution in [1.82, 2.24) is 24.8 Å². The zero-order chi connectivity index (χ0) is 33.9. The van der Waals surface area contributed by atoms with Gasteiger partial charge in [-0.2, -0.15) is 15.2 Å². The highest BCUT2D eigenvalue weighted by molar-refractivity contribution is 7.23.